The van der Waals surface area contributed by atoms with E-state index < -0.39 is 0 Å². The fourth-order valence-corrected chi connectivity index (χ4v) is 0.276. The molecule has 46 valence electrons. The van der Waals surface area contributed by atoms with Crippen LogP contribution in [0, 0.1) is 0 Å². The molecular weight excluding hydrogens is 131 g/mol. The van der Waals surface area contributed by atoms with Crippen LogP contribution in [-0.2, 0) is 0 Å². The van der Waals surface area contributed by atoms with Gasteiger partial charge < -0.3 is 10.4 Å². The first-order valence-corrected chi connectivity index (χ1v) is 2.33. The highest BCUT2D eigenvalue weighted by molar-refractivity contribution is 6.43. The largest absolute Gasteiger partial charge is 0.411 e. The van der Waals surface area contributed by atoms with Crippen LogP contribution in [0.1, 0.15) is 0 Å². The summed E-state index contributed by atoms with van der Waals surface area (Å²) in [4.78, 5) is 0. The lowest BCUT2D eigenvalue weighted by Crippen LogP contribution is -2.00. The van der Waals surface area contributed by atoms with Gasteiger partial charge in [0.15, 0.2) is 0 Å². The van der Waals surface area contributed by atoms with E-state index >= 15 is 0 Å². The van der Waals surface area contributed by atoms with Gasteiger partial charge in [0.25, 0.3) is 0 Å². The number of hydrogen-bond acceptors (Lipinski definition) is 4. The molecule has 0 spiro atoms. The van der Waals surface area contributed by atoms with Crippen LogP contribution >= 0.6 is 11.6 Å². The van der Waals surface area contributed by atoms with Gasteiger partial charge in [0.1, 0.15) is 5.71 Å². The first-order valence-electron chi connectivity index (χ1n) is 1.79. The Morgan fingerprint density at radius 2 is 2.25 bits per heavy atom. The van der Waals surface area contributed by atoms with Crippen LogP contribution < -0.4 is 0 Å². The molecule has 0 radical (unpaired) electrons. The predicted octanol–water partition coefficient (Wildman–Crippen LogP) is 0.515. The summed E-state index contributed by atoms with van der Waals surface area (Å²) in [7, 11) is 0. The molecule has 5 heteroatoms. The number of rotatable bonds is 2. The van der Waals surface area contributed by atoms with E-state index in [2.05, 4.69) is 10.3 Å². The Morgan fingerprint density at radius 1 is 1.62 bits per heavy atom. The van der Waals surface area contributed by atoms with Crippen LogP contribution in [0.3, 0.4) is 0 Å². The third kappa shape index (κ3) is 2.41. The maximum atomic E-state index is 7.96. The average Bonchev–Trinajstić information content (AvgIpc) is 1.83. The van der Waals surface area contributed by atoms with Gasteiger partial charge in [0.05, 0.1) is 12.1 Å². The Morgan fingerprint density at radius 3 is 2.38 bits per heavy atom. The molecule has 8 heavy (non-hydrogen) atoms. The minimum Gasteiger partial charge on any atom is -0.411 e. The first kappa shape index (κ1) is 7.23. The zero-order chi connectivity index (χ0) is 6.41. The molecule has 0 aliphatic carbocycles. The lowest BCUT2D eigenvalue weighted by molar-refractivity contribution is 0.315. The molecule has 0 aromatic heterocycles. The number of halogens is 1. The standard InChI is InChI=1S/C3H5ClN2O2/c4-1-3(6-8)2-5-7/h2,7-8H,1H2/b5-2+,6-3-. The van der Waals surface area contributed by atoms with Gasteiger partial charge in [-0.1, -0.05) is 10.3 Å². The topological polar surface area (TPSA) is 65.2 Å². The van der Waals surface area contributed by atoms with Gasteiger partial charge in [-0.25, -0.2) is 0 Å². The maximum Gasteiger partial charge on any atom is 0.116 e. The van der Waals surface area contributed by atoms with Crippen LogP contribution in [0.5, 0.6) is 0 Å². The Kier molecular flexibility index (Phi) is 3.97. The van der Waals surface area contributed by atoms with Crippen molar-refractivity contribution in [1.82, 2.24) is 0 Å². The van der Waals surface area contributed by atoms with Crippen molar-refractivity contribution in [1.29, 1.82) is 0 Å². The Hall–Kier alpha value is -0.770. The van der Waals surface area contributed by atoms with E-state index in [0.717, 1.165) is 6.21 Å². The zero-order valence-electron chi connectivity index (χ0n) is 3.95. The molecule has 0 amide bonds. The van der Waals surface area contributed by atoms with E-state index in [1.807, 2.05) is 0 Å². The molecule has 0 bridgehead atoms. The number of nitrogens with zero attached hydrogens (tertiary/aromatic N) is 2. The van der Waals surface area contributed by atoms with Gasteiger partial charge in [0.2, 0.25) is 0 Å². The number of hydrogen-bond donors (Lipinski definition) is 2. The lowest BCUT2D eigenvalue weighted by Gasteiger charge is -1.83. The highest BCUT2D eigenvalue weighted by Crippen LogP contribution is 1.77. The molecule has 0 aliphatic rings. The highest BCUT2D eigenvalue weighted by Gasteiger charge is 1.89. The first-order chi connectivity index (χ1) is 3.85. The molecular formula is C3H5ClN2O2. The van der Waals surface area contributed by atoms with Gasteiger partial charge in [-0.2, -0.15) is 0 Å². The molecule has 0 atom stereocenters. The van der Waals surface area contributed by atoms with E-state index in [1.165, 1.54) is 0 Å². The molecule has 0 saturated carbocycles. The molecule has 0 unspecified atom stereocenters. The smallest absolute Gasteiger partial charge is 0.116 e. The monoisotopic (exact) mass is 136 g/mol. The van der Waals surface area contributed by atoms with E-state index in [-0.39, 0.29) is 11.6 Å². The van der Waals surface area contributed by atoms with Gasteiger partial charge in [-0.05, 0) is 0 Å². The van der Waals surface area contributed by atoms with Crippen molar-refractivity contribution in [3.8, 4) is 0 Å². The summed E-state index contributed by atoms with van der Waals surface area (Å²) in [5, 5.41) is 21.0. The van der Waals surface area contributed by atoms with Crippen molar-refractivity contribution in [3.05, 3.63) is 0 Å². The van der Waals surface area contributed by atoms with E-state index in [1.54, 1.807) is 0 Å². The van der Waals surface area contributed by atoms with Crippen molar-refractivity contribution in [2.24, 2.45) is 10.3 Å². The molecule has 0 saturated heterocycles. The van der Waals surface area contributed by atoms with E-state index in [9.17, 15) is 0 Å². The second-order valence-electron chi connectivity index (χ2n) is 0.970. The normalized spacial score (nSPS) is 12.9. The van der Waals surface area contributed by atoms with Crippen LogP contribution in [0.4, 0.5) is 0 Å². The Bertz CT molecular complexity index is 109. The third-order valence-electron chi connectivity index (χ3n) is 0.472. The SMILES string of the molecule is O/N=C/C(CCl)=N\O. The fraction of sp³-hybridized carbons (Fsp3) is 0.333. The molecule has 2 N–H and O–H groups in total. The molecule has 0 aliphatic heterocycles. The number of alkyl halides is 1. The lowest BCUT2D eigenvalue weighted by atomic mass is 10.5. The van der Waals surface area contributed by atoms with Crippen LogP contribution in [0.15, 0.2) is 10.3 Å². The van der Waals surface area contributed by atoms with Crippen LogP contribution in [0.2, 0.25) is 0 Å². The van der Waals surface area contributed by atoms with Crippen molar-refractivity contribution in [3.63, 3.8) is 0 Å². The van der Waals surface area contributed by atoms with Crippen molar-refractivity contribution in [2.75, 3.05) is 5.88 Å². The number of oxime groups is 2. The molecule has 0 rings (SSSR count). The molecule has 0 fully saturated rings. The van der Waals surface area contributed by atoms with Gasteiger partial charge in [0, 0.05) is 0 Å². The highest BCUT2D eigenvalue weighted by atomic mass is 35.5. The summed E-state index contributed by atoms with van der Waals surface area (Å²) in [5.74, 6) is 0.0283. The minimum absolute atomic E-state index is 0.0283. The minimum atomic E-state index is 0.0283. The Labute approximate surface area is 51.1 Å². The summed E-state index contributed by atoms with van der Waals surface area (Å²) in [5.41, 5.74) is 0.120. The van der Waals surface area contributed by atoms with Crippen molar-refractivity contribution >= 4 is 23.5 Å². The zero-order valence-corrected chi connectivity index (χ0v) is 4.71. The Balaban J connectivity index is 3.72. The summed E-state index contributed by atoms with van der Waals surface area (Å²) >= 11 is 5.15. The average molecular weight is 137 g/mol. The summed E-state index contributed by atoms with van der Waals surface area (Å²) < 4.78 is 0. The fourth-order valence-electron chi connectivity index (χ4n) is 0.154. The van der Waals surface area contributed by atoms with Crippen LogP contribution in [0.25, 0.3) is 0 Å². The molecule has 0 aromatic rings. The molecule has 4 nitrogen and oxygen atoms in total. The predicted molar refractivity (Wildman–Crippen MR) is 30.2 cm³/mol. The van der Waals surface area contributed by atoms with Gasteiger partial charge in [-0.15, -0.1) is 11.6 Å². The van der Waals surface area contributed by atoms with Crippen molar-refractivity contribution in [2.45, 2.75) is 0 Å². The quantitative estimate of drug-likeness (QED) is 0.252. The van der Waals surface area contributed by atoms with Gasteiger partial charge >= 0.3 is 0 Å². The summed E-state index contributed by atoms with van der Waals surface area (Å²) in [6, 6.07) is 0. The summed E-state index contributed by atoms with van der Waals surface area (Å²) in [6.07, 6.45) is 0.951. The summed E-state index contributed by atoms with van der Waals surface area (Å²) in [6.45, 7) is 0. The van der Waals surface area contributed by atoms with E-state index in [0.29, 0.717) is 0 Å². The van der Waals surface area contributed by atoms with Crippen molar-refractivity contribution < 1.29 is 10.4 Å². The molecule has 0 heterocycles. The van der Waals surface area contributed by atoms with E-state index in [4.69, 9.17) is 22.0 Å². The second-order valence-corrected chi connectivity index (χ2v) is 1.24. The third-order valence-corrected chi connectivity index (χ3v) is 0.746. The maximum absolute atomic E-state index is 7.96. The molecule has 0 aromatic carbocycles. The second kappa shape index (κ2) is 4.39. The van der Waals surface area contributed by atoms with Crippen LogP contribution in [-0.4, -0.2) is 28.2 Å². The van der Waals surface area contributed by atoms with Gasteiger partial charge in [-0.3, -0.25) is 0 Å².